The van der Waals surface area contributed by atoms with Gasteiger partial charge in [0, 0.05) is 18.8 Å². The van der Waals surface area contributed by atoms with E-state index in [1.54, 1.807) is 12.1 Å². The van der Waals surface area contributed by atoms with Crippen molar-refractivity contribution >= 4 is 17.3 Å². The molecule has 150 valence electrons. The summed E-state index contributed by atoms with van der Waals surface area (Å²) < 4.78 is 20.5. The van der Waals surface area contributed by atoms with E-state index < -0.39 is 0 Å². The van der Waals surface area contributed by atoms with Crippen LogP contribution in [0.4, 0.5) is 15.8 Å². The number of benzene rings is 1. The van der Waals surface area contributed by atoms with Crippen molar-refractivity contribution in [2.24, 2.45) is 0 Å². The summed E-state index contributed by atoms with van der Waals surface area (Å²) >= 11 is 0. The number of halogens is 1. The van der Waals surface area contributed by atoms with Gasteiger partial charge in [-0.15, -0.1) is 0 Å². The lowest BCUT2D eigenvalue weighted by molar-refractivity contribution is -0.122. The van der Waals surface area contributed by atoms with Crippen LogP contribution in [0.5, 0.6) is 0 Å². The van der Waals surface area contributed by atoms with E-state index in [0.717, 1.165) is 38.8 Å². The Hall–Kier alpha value is -1.66. The van der Waals surface area contributed by atoms with Gasteiger partial charge in [0.25, 0.3) is 0 Å². The number of ether oxygens (including phenoxy) is 1. The van der Waals surface area contributed by atoms with Crippen LogP contribution in [-0.4, -0.2) is 55.2 Å². The van der Waals surface area contributed by atoms with Crippen molar-refractivity contribution in [1.82, 2.24) is 4.90 Å². The zero-order chi connectivity index (χ0) is 19.4. The molecule has 0 bridgehead atoms. The standard InChI is InChI=1S/C21H32FN3O2/c1-4-10-24-11-6-5-7-20(24)21(26)23-17-8-9-19(18(22)12-17)25-13-15(2)27-16(3)14-25/h8-9,12,15-16,20H,4-7,10-11,13-14H2,1-3H3,(H,23,26). The molecule has 1 amide bonds. The number of piperidine rings is 1. The van der Waals surface area contributed by atoms with E-state index in [1.807, 2.05) is 18.7 Å². The van der Waals surface area contributed by atoms with E-state index in [9.17, 15) is 9.18 Å². The zero-order valence-corrected chi connectivity index (χ0v) is 16.7. The third-order valence-electron chi connectivity index (χ3n) is 5.40. The van der Waals surface area contributed by atoms with Crippen molar-refractivity contribution in [3.8, 4) is 0 Å². The van der Waals surface area contributed by atoms with Crippen LogP contribution in [0, 0.1) is 5.82 Å². The Morgan fingerprint density at radius 1 is 1.26 bits per heavy atom. The normalized spacial score (nSPS) is 26.8. The van der Waals surface area contributed by atoms with E-state index in [2.05, 4.69) is 17.1 Å². The highest BCUT2D eigenvalue weighted by Gasteiger charge is 2.28. The van der Waals surface area contributed by atoms with E-state index >= 15 is 0 Å². The van der Waals surface area contributed by atoms with Gasteiger partial charge in [-0.3, -0.25) is 9.69 Å². The molecule has 0 saturated carbocycles. The number of rotatable bonds is 5. The van der Waals surface area contributed by atoms with Gasteiger partial charge < -0.3 is 15.0 Å². The third kappa shape index (κ3) is 4.99. The second kappa shape index (κ2) is 9.02. The number of carbonyl (C=O) groups is 1. The van der Waals surface area contributed by atoms with E-state index in [4.69, 9.17) is 4.74 Å². The van der Waals surface area contributed by atoms with Crippen LogP contribution >= 0.6 is 0 Å². The average molecular weight is 378 g/mol. The van der Waals surface area contributed by atoms with Crippen molar-refractivity contribution in [2.45, 2.75) is 64.7 Å². The third-order valence-corrected chi connectivity index (χ3v) is 5.40. The largest absolute Gasteiger partial charge is 0.372 e. The fraction of sp³-hybridized carbons (Fsp3) is 0.667. The summed E-state index contributed by atoms with van der Waals surface area (Å²) in [7, 11) is 0. The molecule has 3 unspecified atom stereocenters. The SMILES string of the molecule is CCCN1CCCCC1C(=O)Nc1ccc(N2CC(C)OC(C)C2)c(F)c1. The Labute approximate surface area is 161 Å². The minimum absolute atomic E-state index is 0.0242. The second-order valence-electron chi connectivity index (χ2n) is 7.87. The minimum Gasteiger partial charge on any atom is -0.372 e. The Morgan fingerprint density at radius 2 is 2.00 bits per heavy atom. The topological polar surface area (TPSA) is 44.8 Å². The van der Waals surface area contributed by atoms with Crippen LogP contribution in [0.1, 0.15) is 46.5 Å². The number of anilines is 2. The molecule has 2 saturated heterocycles. The number of carbonyl (C=O) groups excluding carboxylic acids is 1. The molecule has 1 N–H and O–H groups in total. The molecule has 0 spiro atoms. The molecule has 2 fully saturated rings. The highest BCUT2D eigenvalue weighted by Crippen LogP contribution is 2.27. The first-order valence-corrected chi connectivity index (χ1v) is 10.2. The van der Waals surface area contributed by atoms with Crippen LogP contribution in [-0.2, 0) is 9.53 Å². The fourth-order valence-corrected chi connectivity index (χ4v) is 4.28. The smallest absolute Gasteiger partial charge is 0.241 e. The van der Waals surface area contributed by atoms with E-state index in [0.29, 0.717) is 24.5 Å². The molecule has 5 nitrogen and oxygen atoms in total. The minimum atomic E-state index is -0.303. The molecule has 1 aromatic carbocycles. The van der Waals surface area contributed by atoms with Crippen molar-refractivity contribution in [2.75, 3.05) is 36.4 Å². The predicted molar refractivity (Wildman–Crippen MR) is 107 cm³/mol. The van der Waals surface area contributed by atoms with Crippen molar-refractivity contribution in [3.63, 3.8) is 0 Å². The van der Waals surface area contributed by atoms with Crippen LogP contribution in [0.3, 0.4) is 0 Å². The molecule has 27 heavy (non-hydrogen) atoms. The van der Waals surface area contributed by atoms with Crippen LogP contribution in [0.15, 0.2) is 18.2 Å². The summed E-state index contributed by atoms with van der Waals surface area (Å²) in [6.07, 6.45) is 4.26. The van der Waals surface area contributed by atoms with Gasteiger partial charge in [-0.25, -0.2) is 4.39 Å². The number of hydrogen-bond acceptors (Lipinski definition) is 4. The van der Waals surface area contributed by atoms with E-state index in [1.165, 1.54) is 6.07 Å². The van der Waals surface area contributed by atoms with Crippen molar-refractivity contribution in [3.05, 3.63) is 24.0 Å². The van der Waals surface area contributed by atoms with Crippen LogP contribution in [0.25, 0.3) is 0 Å². The quantitative estimate of drug-likeness (QED) is 0.851. The molecule has 0 radical (unpaired) electrons. The Bertz CT molecular complexity index is 642. The maximum Gasteiger partial charge on any atom is 0.241 e. The second-order valence-corrected chi connectivity index (χ2v) is 7.87. The van der Waals surface area contributed by atoms with E-state index in [-0.39, 0.29) is 30.0 Å². The van der Waals surface area contributed by atoms with Gasteiger partial charge in [-0.05, 0) is 64.4 Å². The first kappa shape index (κ1) is 20.1. The highest BCUT2D eigenvalue weighted by atomic mass is 19.1. The molecule has 6 heteroatoms. The molecule has 1 aromatic rings. The molecule has 0 aromatic heterocycles. The fourth-order valence-electron chi connectivity index (χ4n) is 4.28. The summed E-state index contributed by atoms with van der Waals surface area (Å²) in [5.74, 6) is -0.327. The van der Waals surface area contributed by atoms with Crippen LogP contribution < -0.4 is 10.2 Å². The molecule has 2 heterocycles. The van der Waals surface area contributed by atoms with Gasteiger partial charge in [-0.1, -0.05) is 13.3 Å². The maximum atomic E-state index is 14.7. The average Bonchev–Trinajstić information content (AvgIpc) is 2.61. The highest BCUT2D eigenvalue weighted by molar-refractivity contribution is 5.95. The number of amides is 1. The summed E-state index contributed by atoms with van der Waals surface area (Å²) in [6, 6.07) is 4.89. The number of morpholine rings is 1. The molecule has 3 rings (SSSR count). The molecule has 2 aliphatic rings. The zero-order valence-electron chi connectivity index (χ0n) is 16.7. The first-order valence-electron chi connectivity index (χ1n) is 10.2. The summed E-state index contributed by atoms with van der Waals surface area (Å²) in [4.78, 5) is 17.0. The molecule has 2 aliphatic heterocycles. The summed E-state index contributed by atoms with van der Waals surface area (Å²) in [5.41, 5.74) is 1.10. The predicted octanol–water partition coefficient (Wildman–Crippen LogP) is 3.64. The Morgan fingerprint density at radius 3 is 2.67 bits per heavy atom. The monoisotopic (exact) mass is 377 g/mol. The number of nitrogens with zero attached hydrogens (tertiary/aromatic N) is 2. The summed E-state index contributed by atoms with van der Waals surface area (Å²) in [6.45, 7) is 9.36. The number of nitrogens with one attached hydrogen (secondary N) is 1. The lowest BCUT2D eigenvalue weighted by atomic mass is 10.0. The maximum absolute atomic E-state index is 14.7. The number of hydrogen-bond donors (Lipinski definition) is 1. The Balaban J connectivity index is 1.67. The summed E-state index contributed by atoms with van der Waals surface area (Å²) in [5, 5.41) is 2.92. The van der Waals surface area contributed by atoms with Gasteiger partial charge in [0.2, 0.25) is 5.91 Å². The molecular formula is C21H32FN3O2. The lowest BCUT2D eigenvalue weighted by Crippen LogP contribution is -2.47. The Kier molecular flexibility index (Phi) is 6.71. The lowest BCUT2D eigenvalue weighted by Gasteiger charge is -2.37. The van der Waals surface area contributed by atoms with Gasteiger partial charge in [0.1, 0.15) is 5.82 Å². The molecule has 0 aliphatic carbocycles. The first-order chi connectivity index (χ1) is 13.0. The van der Waals surface area contributed by atoms with Gasteiger partial charge in [0.15, 0.2) is 0 Å². The van der Waals surface area contributed by atoms with Crippen molar-refractivity contribution in [1.29, 1.82) is 0 Å². The number of likely N-dealkylation sites (tertiary alicyclic amines) is 1. The van der Waals surface area contributed by atoms with Gasteiger partial charge >= 0.3 is 0 Å². The molecule has 3 atom stereocenters. The molecular weight excluding hydrogens is 345 g/mol. The van der Waals surface area contributed by atoms with Gasteiger partial charge in [0.05, 0.1) is 23.9 Å². The van der Waals surface area contributed by atoms with Gasteiger partial charge in [-0.2, -0.15) is 0 Å². The van der Waals surface area contributed by atoms with Crippen LogP contribution in [0.2, 0.25) is 0 Å². The van der Waals surface area contributed by atoms with Crippen molar-refractivity contribution < 1.29 is 13.9 Å².